The highest BCUT2D eigenvalue weighted by atomic mass is 32.2. The predicted molar refractivity (Wildman–Crippen MR) is 150 cm³/mol. The molecular formula is C24H24F3N7O2S3. The number of hydrogen-bond donors (Lipinski definition) is 3. The Morgan fingerprint density at radius 2 is 1.90 bits per heavy atom. The van der Waals surface area contributed by atoms with Crippen molar-refractivity contribution >= 4 is 59.7 Å². The number of aromatic nitrogens is 3. The van der Waals surface area contributed by atoms with Gasteiger partial charge in [-0.15, -0.1) is 10.2 Å². The first kappa shape index (κ1) is 27.3. The van der Waals surface area contributed by atoms with Gasteiger partial charge < -0.3 is 21.4 Å². The number of anilines is 2. The molecule has 15 heteroatoms. The van der Waals surface area contributed by atoms with Crippen molar-refractivity contribution in [2.75, 3.05) is 24.1 Å². The molecule has 5 N–H and O–H groups in total. The molecule has 0 saturated carbocycles. The van der Waals surface area contributed by atoms with Crippen LogP contribution in [0.4, 0.5) is 23.4 Å². The predicted octanol–water partition coefficient (Wildman–Crippen LogP) is 4.47. The van der Waals surface area contributed by atoms with Gasteiger partial charge in [-0.05, 0) is 36.1 Å². The van der Waals surface area contributed by atoms with Gasteiger partial charge in [0.1, 0.15) is 4.99 Å². The Balaban J connectivity index is 1.50. The SMILES string of the molecule is NC(=S)c1cccc(-c2cn(C3CCN(S(=O)(=O)C(F)(F)F)CC3)c3cc(CNc4nnc(N)s4)ccc23)c1. The number of fused-ring (bicyclic) bond motifs is 1. The van der Waals surface area contributed by atoms with Crippen LogP contribution in [-0.4, -0.2) is 51.1 Å². The van der Waals surface area contributed by atoms with Crippen molar-refractivity contribution in [2.24, 2.45) is 5.73 Å². The maximum atomic E-state index is 13.1. The molecular weight excluding hydrogens is 572 g/mol. The van der Waals surface area contributed by atoms with Crippen LogP contribution in [0.15, 0.2) is 48.7 Å². The van der Waals surface area contributed by atoms with Crippen LogP contribution in [0.3, 0.4) is 0 Å². The molecule has 0 spiro atoms. The van der Waals surface area contributed by atoms with Gasteiger partial charge in [-0.1, -0.05) is 53.9 Å². The van der Waals surface area contributed by atoms with Crippen molar-refractivity contribution in [3.8, 4) is 11.1 Å². The highest BCUT2D eigenvalue weighted by Crippen LogP contribution is 2.38. The lowest BCUT2D eigenvalue weighted by Crippen LogP contribution is -2.45. The number of thiocarbonyl (C=S) groups is 1. The largest absolute Gasteiger partial charge is 0.511 e. The van der Waals surface area contributed by atoms with E-state index < -0.39 is 15.5 Å². The highest BCUT2D eigenvalue weighted by Gasteiger charge is 2.50. The van der Waals surface area contributed by atoms with Gasteiger partial charge in [-0.3, -0.25) is 0 Å². The van der Waals surface area contributed by atoms with Crippen molar-refractivity contribution in [2.45, 2.75) is 30.9 Å². The zero-order valence-electron chi connectivity index (χ0n) is 20.4. The number of alkyl halides is 3. The summed E-state index contributed by atoms with van der Waals surface area (Å²) in [5.74, 6) is 0. The second-order valence-electron chi connectivity index (χ2n) is 9.13. The third-order valence-electron chi connectivity index (χ3n) is 6.69. The number of halogens is 3. The second kappa shape index (κ2) is 10.4. The van der Waals surface area contributed by atoms with Gasteiger partial charge in [0.05, 0.1) is 0 Å². The van der Waals surface area contributed by atoms with E-state index in [9.17, 15) is 21.6 Å². The number of hydrogen-bond acceptors (Lipinski definition) is 8. The number of rotatable bonds is 7. The molecule has 39 heavy (non-hydrogen) atoms. The molecule has 1 aliphatic heterocycles. The number of nitrogens with two attached hydrogens (primary N) is 2. The smallest absolute Gasteiger partial charge is 0.389 e. The molecule has 0 unspecified atom stereocenters. The number of piperidine rings is 1. The normalized spacial score (nSPS) is 15.6. The molecule has 0 aliphatic carbocycles. The number of benzene rings is 2. The fourth-order valence-electron chi connectivity index (χ4n) is 4.77. The summed E-state index contributed by atoms with van der Waals surface area (Å²) in [5, 5.41) is 12.8. The Bertz CT molecular complexity index is 1640. The summed E-state index contributed by atoms with van der Waals surface area (Å²) >= 11 is 6.38. The van der Waals surface area contributed by atoms with E-state index in [-0.39, 0.29) is 37.0 Å². The van der Waals surface area contributed by atoms with Crippen LogP contribution in [0.1, 0.15) is 30.0 Å². The maximum Gasteiger partial charge on any atom is 0.511 e. The summed E-state index contributed by atoms with van der Waals surface area (Å²) in [4.78, 5) is 0.268. The minimum Gasteiger partial charge on any atom is -0.389 e. The van der Waals surface area contributed by atoms with Crippen molar-refractivity contribution in [3.63, 3.8) is 0 Å². The maximum absolute atomic E-state index is 13.1. The van der Waals surface area contributed by atoms with Gasteiger partial charge >= 0.3 is 15.5 Å². The van der Waals surface area contributed by atoms with Crippen LogP contribution in [-0.2, 0) is 16.6 Å². The molecule has 1 saturated heterocycles. The average Bonchev–Trinajstić information content (AvgIpc) is 3.50. The lowest BCUT2D eigenvalue weighted by Gasteiger charge is -2.32. The molecule has 0 bridgehead atoms. The van der Waals surface area contributed by atoms with Crippen molar-refractivity contribution in [1.82, 2.24) is 19.1 Å². The fourth-order valence-corrected chi connectivity index (χ4v) is 6.39. The van der Waals surface area contributed by atoms with E-state index in [0.717, 1.165) is 27.6 Å². The Labute approximate surface area is 231 Å². The Morgan fingerprint density at radius 1 is 1.15 bits per heavy atom. The molecule has 5 rings (SSSR count). The summed E-state index contributed by atoms with van der Waals surface area (Å²) in [7, 11) is -5.36. The number of nitrogens with zero attached hydrogens (tertiary/aromatic N) is 4. The van der Waals surface area contributed by atoms with Gasteiger partial charge in [0.2, 0.25) is 10.3 Å². The summed E-state index contributed by atoms with van der Waals surface area (Å²) in [5.41, 5.74) is 10.5. The molecule has 1 aliphatic rings. The van der Waals surface area contributed by atoms with E-state index in [1.54, 1.807) is 0 Å². The molecule has 9 nitrogen and oxygen atoms in total. The van der Waals surface area contributed by atoms with Crippen molar-refractivity contribution in [3.05, 3.63) is 59.8 Å². The quantitative estimate of drug-likeness (QED) is 0.267. The van der Waals surface area contributed by atoms with Gasteiger partial charge in [-0.25, -0.2) is 8.42 Å². The third kappa shape index (κ3) is 5.44. The van der Waals surface area contributed by atoms with Crippen LogP contribution in [0.5, 0.6) is 0 Å². The minimum atomic E-state index is -5.36. The zero-order valence-corrected chi connectivity index (χ0v) is 22.8. The molecule has 0 amide bonds. The van der Waals surface area contributed by atoms with Crippen LogP contribution < -0.4 is 16.8 Å². The van der Waals surface area contributed by atoms with E-state index in [1.807, 2.05) is 53.2 Å². The Kier molecular flexibility index (Phi) is 7.26. The molecule has 3 heterocycles. The molecule has 2 aromatic heterocycles. The second-order valence-corrected chi connectivity index (χ2v) is 12.5. The fraction of sp³-hybridized carbons (Fsp3) is 0.292. The van der Waals surface area contributed by atoms with Crippen molar-refractivity contribution in [1.29, 1.82) is 0 Å². The summed E-state index contributed by atoms with van der Waals surface area (Å²) in [6.45, 7) is 0.000604. The van der Waals surface area contributed by atoms with Gasteiger partial charge in [-0.2, -0.15) is 17.5 Å². The van der Waals surface area contributed by atoms with Gasteiger partial charge in [0, 0.05) is 53.9 Å². The first-order valence-corrected chi connectivity index (χ1v) is 14.5. The average molecular weight is 596 g/mol. The molecule has 0 atom stereocenters. The number of nitrogen functional groups attached to an aromatic ring is 1. The molecule has 2 aromatic carbocycles. The molecule has 206 valence electrons. The zero-order chi connectivity index (χ0) is 27.9. The van der Waals surface area contributed by atoms with E-state index in [2.05, 4.69) is 15.5 Å². The molecule has 0 radical (unpaired) electrons. The van der Waals surface area contributed by atoms with E-state index in [0.29, 0.717) is 26.7 Å². The van der Waals surface area contributed by atoms with Crippen LogP contribution in [0.2, 0.25) is 0 Å². The monoisotopic (exact) mass is 595 g/mol. The Hall–Kier alpha value is -3.27. The number of nitrogens with one attached hydrogen (secondary N) is 1. The van der Waals surface area contributed by atoms with Crippen LogP contribution >= 0.6 is 23.6 Å². The van der Waals surface area contributed by atoms with E-state index in [4.69, 9.17) is 23.7 Å². The Morgan fingerprint density at radius 3 is 2.54 bits per heavy atom. The first-order chi connectivity index (χ1) is 18.4. The van der Waals surface area contributed by atoms with Crippen LogP contribution in [0, 0.1) is 0 Å². The van der Waals surface area contributed by atoms with Crippen molar-refractivity contribution < 1.29 is 21.6 Å². The standard InChI is InChI=1S/C24H24F3N7O2S3/c25-24(26,27)39(35,36)33-8-6-17(7-9-33)34-13-19(15-2-1-3-16(11-15)21(28)37)18-5-4-14(10-20(18)34)12-30-23-32-31-22(29)38-23/h1-5,10-11,13,17H,6-9,12H2,(H2,28,37)(H2,29,31)(H,30,32). The summed E-state index contributed by atoms with van der Waals surface area (Å²) < 4.78 is 65.7. The highest BCUT2D eigenvalue weighted by molar-refractivity contribution is 7.90. The lowest BCUT2D eigenvalue weighted by molar-refractivity contribution is -0.0496. The number of sulfonamides is 1. The third-order valence-corrected chi connectivity index (χ3v) is 9.27. The first-order valence-electron chi connectivity index (χ1n) is 11.9. The molecule has 1 fully saturated rings. The summed E-state index contributed by atoms with van der Waals surface area (Å²) in [6, 6.07) is 13.3. The van der Waals surface area contributed by atoms with Gasteiger partial charge in [0.15, 0.2) is 0 Å². The molecule has 4 aromatic rings. The summed E-state index contributed by atoms with van der Waals surface area (Å²) in [6.07, 6.45) is 2.43. The van der Waals surface area contributed by atoms with E-state index in [1.165, 1.54) is 11.3 Å². The topological polar surface area (TPSA) is 132 Å². The van der Waals surface area contributed by atoms with Gasteiger partial charge in [0.25, 0.3) is 0 Å². The lowest BCUT2D eigenvalue weighted by atomic mass is 10.0. The van der Waals surface area contributed by atoms with E-state index >= 15 is 0 Å². The van der Waals surface area contributed by atoms with Crippen LogP contribution in [0.25, 0.3) is 22.0 Å². The minimum absolute atomic E-state index is 0.203.